The molecule has 1 aromatic carbocycles. The largest absolute Gasteiger partial charge is 0.389 e. The third-order valence-corrected chi connectivity index (χ3v) is 3.97. The summed E-state index contributed by atoms with van der Waals surface area (Å²) in [6.07, 6.45) is 2.08. The highest BCUT2D eigenvalue weighted by Gasteiger charge is 2.18. The number of nitrogens with one attached hydrogen (secondary N) is 1. The standard InChI is InChI=1S/C14H19F2N3S/c1-19-4-2-9(3-5-19)8-18-13-11(15)6-10(14(17)20)7-12(13)16/h6-7,9,18H,2-5,8H2,1H3,(H2,17,20). The van der Waals surface area contributed by atoms with Crippen LogP contribution in [0.1, 0.15) is 18.4 Å². The molecule has 3 nitrogen and oxygen atoms in total. The molecule has 0 unspecified atom stereocenters. The van der Waals surface area contributed by atoms with E-state index in [0.717, 1.165) is 25.9 Å². The molecule has 0 amide bonds. The zero-order valence-corrected chi connectivity index (χ0v) is 12.3. The molecule has 1 aromatic rings. The molecule has 1 heterocycles. The number of piperidine rings is 1. The minimum absolute atomic E-state index is 0.00957. The number of halogens is 2. The Hall–Kier alpha value is -1.27. The van der Waals surface area contributed by atoms with Gasteiger partial charge in [-0.1, -0.05) is 12.2 Å². The van der Waals surface area contributed by atoms with Crippen molar-refractivity contribution in [2.45, 2.75) is 12.8 Å². The minimum Gasteiger partial charge on any atom is -0.389 e. The third kappa shape index (κ3) is 3.64. The SMILES string of the molecule is CN1CCC(CNc2c(F)cc(C(N)=S)cc2F)CC1. The average Bonchev–Trinajstić information content (AvgIpc) is 2.39. The van der Waals surface area contributed by atoms with Crippen LogP contribution >= 0.6 is 12.2 Å². The van der Waals surface area contributed by atoms with Gasteiger partial charge >= 0.3 is 0 Å². The molecule has 0 radical (unpaired) electrons. The highest BCUT2D eigenvalue weighted by Crippen LogP contribution is 2.23. The second kappa shape index (κ2) is 6.45. The lowest BCUT2D eigenvalue weighted by atomic mass is 9.97. The lowest BCUT2D eigenvalue weighted by Gasteiger charge is -2.29. The molecule has 0 aliphatic carbocycles. The van der Waals surface area contributed by atoms with Gasteiger partial charge in [-0.05, 0) is 51.0 Å². The van der Waals surface area contributed by atoms with Gasteiger partial charge in [-0.15, -0.1) is 0 Å². The zero-order chi connectivity index (χ0) is 14.7. The van der Waals surface area contributed by atoms with Crippen molar-refractivity contribution in [2.24, 2.45) is 11.7 Å². The van der Waals surface area contributed by atoms with Gasteiger partial charge in [0.05, 0.1) is 0 Å². The summed E-state index contributed by atoms with van der Waals surface area (Å²) < 4.78 is 27.7. The normalized spacial score (nSPS) is 17.1. The summed E-state index contributed by atoms with van der Waals surface area (Å²) in [5.74, 6) is -0.860. The van der Waals surface area contributed by atoms with E-state index >= 15 is 0 Å². The van der Waals surface area contributed by atoms with Crippen molar-refractivity contribution in [3.8, 4) is 0 Å². The van der Waals surface area contributed by atoms with Crippen LogP contribution in [-0.4, -0.2) is 36.6 Å². The van der Waals surface area contributed by atoms with Gasteiger partial charge < -0.3 is 16.0 Å². The van der Waals surface area contributed by atoms with E-state index < -0.39 is 11.6 Å². The molecule has 0 aromatic heterocycles. The fourth-order valence-corrected chi connectivity index (χ4v) is 2.51. The van der Waals surface area contributed by atoms with Crippen LogP contribution in [-0.2, 0) is 0 Å². The van der Waals surface area contributed by atoms with E-state index in [9.17, 15) is 8.78 Å². The Morgan fingerprint density at radius 1 is 1.35 bits per heavy atom. The fourth-order valence-electron chi connectivity index (χ4n) is 2.40. The summed E-state index contributed by atoms with van der Waals surface area (Å²) >= 11 is 4.72. The van der Waals surface area contributed by atoms with Crippen LogP contribution in [0.2, 0.25) is 0 Å². The molecule has 110 valence electrons. The third-order valence-electron chi connectivity index (χ3n) is 3.73. The smallest absolute Gasteiger partial charge is 0.150 e. The molecule has 1 saturated heterocycles. The maximum atomic E-state index is 13.9. The van der Waals surface area contributed by atoms with Crippen molar-refractivity contribution >= 4 is 22.9 Å². The molecule has 1 fully saturated rings. The van der Waals surface area contributed by atoms with Crippen molar-refractivity contribution in [3.63, 3.8) is 0 Å². The quantitative estimate of drug-likeness (QED) is 0.838. The van der Waals surface area contributed by atoms with E-state index in [4.69, 9.17) is 18.0 Å². The molecule has 1 aliphatic rings. The number of nitrogens with zero attached hydrogens (tertiary/aromatic N) is 1. The van der Waals surface area contributed by atoms with Gasteiger partial charge in [-0.3, -0.25) is 0 Å². The first-order valence-corrected chi connectivity index (χ1v) is 7.09. The van der Waals surface area contributed by atoms with Crippen LogP contribution in [0.4, 0.5) is 14.5 Å². The summed E-state index contributed by atoms with van der Waals surface area (Å²) in [6, 6.07) is 2.34. The highest BCUT2D eigenvalue weighted by atomic mass is 32.1. The van der Waals surface area contributed by atoms with Crippen molar-refractivity contribution in [1.82, 2.24) is 4.90 Å². The Bertz CT molecular complexity index is 476. The van der Waals surface area contributed by atoms with Crippen molar-refractivity contribution in [1.29, 1.82) is 0 Å². The molecule has 0 atom stereocenters. The maximum absolute atomic E-state index is 13.9. The summed E-state index contributed by atoms with van der Waals surface area (Å²) in [6.45, 7) is 2.63. The lowest BCUT2D eigenvalue weighted by molar-refractivity contribution is 0.226. The molecule has 0 saturated carbocycles. The Morgan fingerprint density at radius 3 is 2.40 bits per heavy atom. The Labute approximate surface area is 123 Å². The monoisotopic (exact) mass is 299 g/mol. The minimum atomic E-state index is -0.652. The predicted molar refractivity (Wildman–Crippen MR) is 81.0 cm³/mol. The van der Waals surface area contributed by atoms with Crippen LogP contribution in [0.3, 0.4) is 0 Å². The molecule has 1 aliphatic heterocycles. The van der Waals surface area contributed by atoms with E-state index in [2.05, 4.69) is 17.3 Å². The predicted octanol–water partition coefficient (Wildman–Crippen LogP) is 2.35. The van der Waals surface area contributed by atoms with Gasteiger partial charge in [0.1, 0.15) is 22.3 Å². The van der Waals surface area contributed by atoms with E-state index in [1.807, 2.05) is 0 Å². The number of thiocarbonyl (C=S) groups is 1. The van der Waals surface area contributed by atoms with Crippen molar-refractivity contribution < 1.29 is 8.78 Å². The van der Waals surface area contributed by atoms with Crippen molar-refractivity contribution in [2.75, 3.05) is 32.0 Å². The molecule has 0 spiro atoms. The lowest BCUT2D eigenvalue weighted by Crippen LogP contribution is -2.33. The van der Waals surface area contributed by atoms with Crippen LogP contribution < -0.4 is 11.1 Å². The van der Waals surface area contributed by atoms with Gasteiger partial charge in [0.2, 0.25) is 0 Å². The molecule has 20 heavy (non-hydrogen) atoms. The highest BCUT2D eigenvalue weighted by molar-refractivity contribution is 7.80. The van der Waals surface area contributed by atoms with Gasteiger partial charge in [0.25, 0.3) is 0 Å². The van der Waals surface area contributed by atoms with E-state index in [1.54, 1.807) is 0 Å². The van der Waals surface area contributed by atoms with E-state index in [1.165, 1.54) is 12.1 Å². The molecule has 0 bridgehead atoms. The zero-order valence-electron chi connectivity index (χ0n) is 11.5. The van der Waals surface area contributed by atoms with Crippen LogP contribution in [0.25, 0.3) is 0 Å². The molecule has 6 heteroatoms. The number of likely N-dealkylation sites (tertiary alicyclic amines) is 1. The molecular weight excluding hydrogens is 280 g/mol. The number of nitrogens with two attached hydrogens (primary N) is 1. The second-order valence-corrected chi connectivity index (χ2v) is 5.75. The number of hydrogen-bond donors (Lipinski definition) is 2. The van der Waals surface area contributed by atoms with Crippen molar-refractivity contribution in [3.05, 3.63) is 29.3 Å². The Morgan fingerprint density at radius 2 is 1.90 bits per heavy atom. The van der Waals surface area contributed by atoms with Crippen LogP contribution in [0.5, 0.6) is 0 Å². The summed E-state index contributed by atoms with van der Waals surface area (Å²) in [5.41, 5.74) is 5.49. The first-order chi connectivity index (χ1) is 9.47. The first kappa shape index (κ1) is 15.1. The van der Waals surface area contributed by atoms with Gasteiger partial charge in [0, 0.05) is 12.1 Å². The number of anilines is 1. The molecule has 3 N–H and O–H groups in total. The Balaban J connectivity index is 2.01. The average molecular weight is 299 g/mol. The van der Waals surface area contributed by atoms with Crippen LogP contribution in [0.15, 0.2) is 12.1 Å². The second-order valence-electron chi connectivity index (χ2n) is 5.31. The molecular formula is C14H19F2N3S. The van der Waals surface area contributed by atoms with Gasteiger partial charge in [-0.2, -0.15) is 0 Å². The number of hydrogen-bond acceptors (Lipinski definition) is 3. The molecule has 2 rings (SSSR count). The van der Waals surface area contributed by atoms with Gasteiger partial charge in [0.15, 0.2) is 0 Å². The summed E-state index contributed by atoms with van der Waals surface area (Å²) in [5, 5.41) is 2.88. The van der Waals surface area contributed by atoms with E-state index in [0.29, 0.717) is 12.5 Å². The number of rotatable bonds is 4. The summed E-state index contributed by atoms with van der Waals surface area (Å²) in [4.78, 5) is 2.25. The first-order valence-electron chi connectivity index (χ1n) is 6.68. The topological polar surface area (TPSA) is 41.3 Å². The fraction of sp³-hybridized carbons (Fsp3) is 0.500. The van der Waals surface area contributed by atoms with Crippen LogP contribution in [0, 0.1) is 17.6 Å². The Kier molecular flexibility index (Phi) is 4.88. The maximum Gasteiger partial charge on any atom is 0.150 e. The number of benzene rings is 1. The summed E-state index contributed by atoms with van der Waals surface area (Å²) in [7, 11) is 2.08. The van der Waals surface area contributed by atoms with Gasteiger partial charge in [-0.25, -0.2) is 8.78 Å². The van der Waals surface area contributed by atoms with E-state index in [-0.39, 0.29) is 16.2 Å².